The van der Waals surface area contributed by atoms with Crippen molar-refractivity contribution < 1.29 is 27.0 Å². The topological polar surface area (TPSA) is 102 Å². The molecule has 46 heavy (non-hydrogen) atoms. The summed E-state index contributed by atoms with van der Waals surface area (Å²) in [5.41, 5.74) is 3.18. The Morgan fingerprint density at radius 3 is 2.41 bits per heavy atom. The number of anilines is 2. The molecule has 3 aromatic rings. The van der Waals surface area contributed by atoms with E-state index in [2.05, 4.69) is 25.1 Å². The summed E-state index contributed by atoms with van der Waals surface area (Å²) in [5, 5.41) is 3.66. The number of rotatable bonds is 7. The van der Waals surface area contributed by atoms with Gasteiger partial charge in [0.05, 0.1) is 41.7 Å². The second-order valence-electron chi connectivity index (χ2n) is 13.8. The fourth-order valence-corrected chi connectivity index (χ4v) is 8.27. The Kier molecular flexibility index (Phi) is 7.28. The number of nitrogens with one attached hydrogen (secondary N) is 1. The molecule has 14 heteroatoms. The summed E-state index contributed by atoms with van der Waals surface area (Å²) in [7, 11) is 0. The van der Waals surface area contributed by atoms with Crippen LogP contribution < -0.4 is 20.7 Å². The van der Waals surface area contributed by atoms with Gasteiger partial charge in [-0.2, -0.15) is 23.1 Å². The van der Waals surface area contributed by atoms with Gasteiger partial charge in [0.1, 0.15) is 17.2 Å². The van der Waals surface area contributed by atoms with Crippen LogP contribution in [0.2, 0.25) is 5.02 Å². The normalized spacial score (nSPS) is 27.0. The highest BCUT2D eigenvalue weighted by molar-refractivity contribution is 6.34. The first kappa shape index (κ1) is 30.3. The van der Waals surface area contributed by atoms with Crippen LogP contribution in [0.4, 0.5) is 29.2 Å². The average molecular weight is 662 g/mol. The molecule has 8 rings (SSSR count). The number of ether oxygens (including phenoxy) is 2. The van der Waals surface area contributed by atoms with Crippen molar-refractivity contribution in [3.63, 3.8) is 0 Å². The third kappa shape index (κ3) is 5.32. The van der Waals surface area contributed by atoms with E-state index in [0.717, 1.165) is 64.3 Å². The molecule has 0 amide bonds. The lowest BCUT2D eigenvalue weighted by atomic mass is 9.99. The summed E-state index contributed by atoms with van der Waals surface area (Å²) in [6, 6.07) is 3.89. The summed E-state index contributed by atoms with van der Waals surface area (Å²) in [6.45, 7) is 5.29. The number of hydrogen-bond acceptors (Lipinski definition) is 9. The first-order valence-corrected chi connectivity index (χ1v) is 16.4. The number of aromatic nitrogens is 3. The third-order valence-electron chi connectivity index (χ3n) is 10.5. The first-order valence-electron chi connectivity index (χ1n) is 16.0. The highest BCUT2D eigenvalue weighted by atomic mass is 35.5. The predicted octanol–water partition coefficient (Wildman–Crippen LogP) is 5.36. The van der Waals surface area contributed by atoms with E-state index in [4.69, 9.17) is 31.8 Å². The minimum atomic E-state index is -4.82. The summed E-state index contributed by atoms with van der Waals surface area (Å²) < 4.78 is 71.6. The molecule has 0 spiro atoms. The molecule has 4 aliphatic heterocycles. The van der Waals surface area contributed by atoms with Gasteiger partial charge in [-0.15, -0.1) is 0 Å². The number of benzene rings is 1. The molecule has 1 aliphatic carbocycles. The molecule has 6 heterocycles. The lowest BCUT2D eigenvalue weighted by Crippen LogP contribution is -2.51. The molecule has 4 unspecified atom stereocenters. The van der Waals surface area contributed by atoms with Gasteiger partial charge in [0.25, 0.3) is 0 Å². The first-order chi connectivity index (χ1) is 22.0. The van der Waals surface area contributed by atoms with Crippen LogP contribution in [0.3, 0.4) is 0 Å². The van der Waals surface area contributed by atoms with Crippen LogP contribution in [0.15, 0.2) is 12.1 Å². The van der Waals surface area contributed by atoms with Gasteiger partial charge in [-0.1, -0.05) is 11.6 Å². The minimum Gasteiger partial charge on any atom is -0.463 e. The number of hydrogen-bond donors (Lipinski definition) is 2. The van der Waals surface area contributed by atoms with Gasteiger partial charge in [-0.05, 0) is 63.1 Å². The zero-order valence-corrected chi connectivity index (χ0v) is 26.2. The van der Waals surface area contributed by atoms with E-state index < -0.39 is 28.8 Å². The third-order valence-corrected chi connectivity index (χ3v) is 10.8. The molecular weight excluding hydrogens is 626 g/mol. The van der Waals surface area contributed by atoms with Gasteiger partial charge in [-0.3, -0.25) is 4.90 Å². The van der Waals surface area contributed by atoms with Crippen LogP contribution in [0.5, 0.6) is 6.01 Å². The number of pyridine rings is 1. The number of nitrogens with zero attached hydrogens (tertiary/aromatic N) is 5. The van der Waals surface area contributed by atoms with Crippen LogP contribution in [0.1, 0.15) is 49.7 Å². The molecule has 246 valence electrons. The van der Waals surface area contributed by atoms with E-state index in [9.17, 15) is 13.2 Å². The van der Waals surface area contributed by atoms with Crippen molar-refractivity contribution in [1.29, 1.82) is 0 Å². The number of morpholine rings is 1. The van der Waals surface area contributed by atoms with E-state index in [1.54, 1.807) is 0 Å². The number of alkyl halides is 3. The van der Waals surface area contributed by atoms with Gasteiger partial charge in [0, 0.05) is 54.6 Å². The number of aryl methyl sites for hydroxylation is 1. The van der Waals surface area contributed by atoms with Crippen molar-refractivity contribution in [1.82, 2.24) is 25.2 Å². The Labute approximate surface area is 268 Å². The van der Waals surface area contributed by atoms with Crippen molar-refractivity contribution in [3.05, 3.63) is 34.1 Å². The fourth-order valence-electron chi connectivity index (χ4n) is 7.99. The van der Waals surface area contributed by atoms with E-state index >= 15 is 4.39 Å². The number of nitrogen functional groups attached to an aromatic ring is 1. The molecule has 1 saturated carbocycles. The SMILES string of the molecule is Cc1cc(N)nc(-c2c(Cl)cc3c(N4CC5CCC(C4)N5)nc(OCC4(CN5C6CCC5COC6)CC4)nc3c2F)c1C(F)(F)F. The number of piperazine rings is 1. The summed E-state index contributed by atoms with van der Waals surface area (Å²) >= 11 is 6.62. The Hall–Kier alpha value is -3.00. The maximum absolute atomic E-state index is 16.7. The second kappa shape index (κ2) is 11.0. The average Bonchev–Trinajstić information content (AvgIpc) is 3.63. The van der Waals surface area contributed by atoms with Crippen molar-refractivity contribution in [2.75, 3.05) is 50.1 Å². The summed E-state index contributed by atoms with van der Waals surface area (Å²) in [6.07, 6.45) is 1.47. The molecule has 4 bridgehead atoms. The molecule has 4 atom stereocenters. The maximum atomic E-state index is 16.7. The fraction of sp³-hybridized carbons (Fsp3) is 0.594. The van der Waals surface area contributed by atoms with E-state index in [1.807, 2.05) is 0 Å². The van der Waals surface area contributed by atoms with Crippen LogP contribution in [0, 0.1) is 18.2 Å². The monoisotopic (exact) mass is 661 g/mol. The minimum absolute atomic E-state index is 0.00969. The Morgan fingerprint density at radius 1 is 1.07 bits per heavy atom. The van der Waals surface area contributed by atoms with Crippen molar-refractivity contribution in [2.24, 2.45) is 5.41 Å². The van der Waals surface area contributed by atoms with Crippen LogP contribution >= 0.6 is 11.6 Å². The second-order valence-corrected chi connectivity index (χ2v) is 14.2. The smallest absolute Gasteiger partial charge is 0.418 e. The highest BCUT2D eigenvalue weighted by Crippen LogP contribution is 2.49. The van der Waals surface area contributed by atoms with Crippen LogP contribution in [-0.4, -0.2) is 83.5 Å². The lowest BCUT2D eigenvalue weighted by molar-refractivity contribution is -0.137. The zero-order chi connectivity index (χ0) is 32.0. The van der Waals surface area contributed by atoms with Crippen molar-refractivity contribution >= 4 is 34.1 Å². The molecule has 3 N–H and O–H groups in total. The molecule has 5 aliphatic rings. The predicted molar refractivity (Wildman–Crippen MR) is 166 cm³/mol. The van der Waals surface area contributed by atoms with Gasteiger partial charge >= 0.3 is 12.2 Å². The van der Waals surface area contributed by atoms with Gasteiger partial charge in [0.2, 0.25) is 0 Å². The van der Waals surface area contributed by atoms with E-state index in [-0.39, 0.29) is 45.4 Å². The summed E-state index contributed by atoms with van der Waals surface area (Å²) in [5.74, 6) is -0.749. The Balaban J connectivity index is 1.20. The molecule has 0 radical (unpaired) electrons. The van der Waals surface area contributed by atoms with Crippen LogP contribution in [-0.2, 0) is 10.9 Å². The largest absolute Gasteiger partial charge is 0.463 e. The number of halogens is 5. The highest BCUT2D eigenvalue weighted by Gasteiger charge is 2.49. The van der Waals surface area contributed by atoms with Crippen molar-refractivity contribution in [3.8, 4) is 17.3 Å². The van der Waals surface area contributed by atoms with E-state index in [0.29, 0.717) is 43.0 Å². The molecule has 9 nitrogen and oxygen atoms in total. The quantitative estimate of drug-likeness (QED) is 0.324. The van der Waals surface area contributed by atoms with Gasteiger partial charge < -0.3 is 25.4 Å². The number of fused-ring (bicyclic) bond motifs is 5. The lowest BCUT2D eigenvalue weighted by Gasteiger charge is -2.37. The molecule has 1 aromatic carbocycles. The van der Waals surface area contributed by atoms with Crippen molar-refractivity contribution in [2.45, 2.75) is 75.8 Å². The Morgan fingerprint density at radius 2 is 1.76 bits per heavy atom. The van der Waals surface area contributed by atoms with Crippen LogP contribution in [0.25, 0.3) is 22.2 Å². The van der Waals surface area contributed by atoms with Gasteiger partial charge in [0.15, 0.2) is 5.82 Å². The Bertz CT molecular complexity index is 1680. The molecule has 4 saturated heterocycles. The molecule has 5 fully saturated rings. The standard InChI is InChI=1S/C32H36ClF4N7O2/c1-16-8-23(38)40-28(25(16)32(35,36)37)24-22(33)9-21-27(26(24)34)41-30(42-29(21)43-10-17-2-3-18(11-43)39-17)46-15-31(6-7-31)14-44-19-4-5-20(44)13-45-12-19/h8-9,17-20,39H,2-7,10-15H2,1H3,(H2,38,40). The van der Waals surface area contributed by atoms with E-state index in [1.165, 1.54) is 13.0 Å². The molecular formula is C32H36ClF4N7O2. The number of nitrogens with two attached hydrogens (primary N) is 1. The summed E-state index contributed by atoms with van der Waals surface area (Å²) in [4.78, 5) is 17.9. The molecule has 2 aromatic heterocycles. The maximum Gasteiger partial charge on any atom is 0.418 e. The zero-order valence-electron chi connectivity index (χ0n) is 25.5. The van der Waals surface area contributed by atoms with Gasteiger partial charge in [-0.25, -0.2) is 9.37 Å².